The third-order valence-corrected chi connectivity index (χ3v) is 6.62. The van der Waals surface area contributed by atoms with Crippen LogP contribution in [-0.2, 0) is 0 Å². The van der Waals surface area contributed by atoms with Crippen molar-refractivity contribution in [3.05, 3.63) is 64.6 Å². The van der Waals surface area contributed by atoms with Crippen molar-refractivity contribution >= 4 is 55.1 Å². The Morgan fingerprint density at radius 2 is 1.80 bits per heavy atom. The standard InChI is InChI=1S/C22H18ClFN4OS/c1-13-10-17(16-12-15(24)3-5-18(16)25-13)21(29)27-6-8-28(9-7-27)22-26-19-4-2-14(23)11-20(19)30-22/h2-5,10-12H,6-9H2,1H3. The Labute approximate surface area is 181 Å². The molecule has 0 atom stereocenters. The number of nitrogens with zero attached hydrogens (tertiary/aromatic N) is 4. The summed E-state index contributed by atoms with van der Waals surface area (Å²) in [6.45, 7) is 4.38. The number of aryl methyl sites for hydroxylation is 1. The lowest BCUT2D eigenvalue weighted by Crippen LogP contribution is -2.48. The fourth-order valence-corrected chi connectivity index (χ4v) is 5.09. The first kappa shape index (κ1) is 19.2. The van der Waals surface area contributed by atoms with Crippen molar-refractivity contribution in [2.24, 2.45) is 0 Å². The number of piperazine rings is 1. The van der Waals surface area contributed by atoms with Gasteiger partial charge in [-0.05, 0) is 49.4 Å². The molecule has 1 aliphatic heterocycles. The summed E-state index contributed by atoms with van der Waals surface area (Å²) in [6.07, 6.45) is 0. The second-order valence-corrected chi connectivity index (χ2v) is 8.81. The van der Waals surface area contributed by atoms with Crippen LogP contribution < -0.4 is 4.90 Å². The molecule has 152 valence electrons. The number of halogens is 2. The molecule has 1 fully saturated rings. The minimum Gasteiger partial charge on any atom is -0.345 e. The Morgan fingerprint density at radius 1 is 1.03 bits per heavy atom. The van der Waals surface area contributed by atoms with Crippen molar-refractivity contribution in [2.45, 2.75) is 6.92 Å². The summed E-state index contributed by atoms with van der Waals surface area (Å²) >= 11 is 7.69. The van der Waals surface area contributed by atoms with Crippen LogP contribution in [0, 0.1) is 12.7 Å². The predicted octanol–water partition coefficient (Wildman–Crippen LogP) is 4.91. The van der Waals surface area contributed by atoms with Gasteiger partial charge in [-0.25, -0.2) is 9.37 Å². The Morgan fingerprint density at radius 3 is 2.60 bits per heavy atom. The van der Waals surface area contributed by atoms with E-state index in [-0.39, 0.29) is 11.7 Å². The molecule has 0 saturated carbocycles. The summed E-state index contributed by atoms with van der Waals surface area (Å²) in [5.74, 6) is -0.463. The van der Waals surface area contributed by atoms with E-state index in [2.05, 4.69) is 9.88 Å². The third kappa shape index (κ3) is 3.48. The van der Waals surface area contributed by atoms with Crippen molar-refractivity contribution < 1.29 is 9.18 Å². The van der Waals surface area contributed by atoms with Gasteiger partial charge in [-0.3, -0.25) is 9.78 Å². The molecule has 0 spiro atoms. The molecule has 1 aliphatic rings. The van der Waals surface area contributed by atoms with Gasteiger partial charge in [-0.15, -0.1) is 0 Å². The highest BCUT2D eigenvalue weighted by molar-refractivity contribution is 7.22. The molecule has 1 saturated heterocycles. The van der Waals surface area contributed by atoms with Crippen LogP contribution in [0.3, 0.4) is 0 Å². The van der Waals surface area contributed by atoms with E-state index in [1.807, 2.05) is 30.0 Å². The van der Waals surface area contributed by atoms with Crippen molar-refractivity contribution in [3.63, 3.8) is 0 Å². The summed E-state index contributed by atoms with van der Waals surface area (Å²) in [7, 11) is 0. The molecule has 2 aromatic heterocycles. The molecule has 5 nitrogen and oxygen atoms in total. The van der Waals surface area contributed by atoms with Gasteiger partial charge in [0.1, 0.15) is 5.82 Å². The number of carbonyl (C=O) groups excluding carboxylic acids is 1. The Hall–Kier alpha value is -2.77. The van der Waals surface area contributed by atoms with Crippen molar-refractivity contribution in [3.8, 4) is 0 Å². The van der Waals surface area contributed by atoms with E-state index in [1.165, 1.54) is 12.1 Å². The second kappa shape index (κ2) is 7.49. The van der Waals surface area contributed by atoms with Crippen molar-refractivity contribution in [2.75, 3.05) is 31.1 Å². The number of amides is 1. The predicted molar refractivity (Wildman–Crippen MR) is 119 cm³/mol. The molecule has 0 N–H and O–H groups in total. The lowest BCUT2D eigenvalue weighted by Gasteiger charge is -2.34. The van der Waals surface area contributed by atoms with E-state index in [0.29, 0.717) is 47.7 Å². The quantitative estimate of drug-likeness (QED) is 0.444. The number of anilines is 1. The molecule has 2 aromatic carbocycles. The number of fused-ring (bicyclic) bond motifs is 2. The fourth-order valence-electron chi connectivity index (χ4n) is 3.80. The summed E-state index contributed by atoms with van der Waals surface area (Å²) in [5.41, 5.74) is 2.80. The molecule has 8 heteroatoms. The monoisotopic (exact) mass is 440 g/mol. The molecule has 0 unspecified atom stereocenters. The highest BCUT2D eigenvalue weighted by Gasteiger charge is 2.25. The number of pyridine rings is 1. The largest absolute Gasteiger partial charge is 0.345 e. The Bertz CT molecular complexity index is 1280. The van der Waals surface area contributed by atoms with Crippen molar-refractivity contribution in [1.29, 1.82) is 0 Å². The van der Waals surface area contributed by atoms with E-state index >= 15 is 0 Å². The summed E-state index contributed by atoms with van der Waals surface area (Å²) < 4.78 is 14.9. The molecule has 1 amide bonds. The van der Waals surface area contributed by atoms with Crippen LogP contribution in [0.2, 0.25) is 5.02 Å². The molecular formula is C22H18ClFN4OS. The van der Waals surface area contributed by atoms with Gasteiger partial charge in [0.2, 0.25) is 0 Å². The average molecular weight is 441 g/mol. The van der Waals surface area contributed by atoms with E-state index in [9.17, 15) is 9.18 Å². The lowest BCUT2D eigenvalue weighted by atomic mass is 10.1. The maximum Gasteiger partial charge on any atom is 0.254 e. The summed E-state index contributed by atoms with van der Waals surface area (Å²) in [4.78, 5) is 26.4. The van der Waals surface area contributed by atoms with Gasteiger partial charge in [0.25, 0.3) is 5.91 Å². The van der Waals surface area contributed by atoms with E-state index in [0.717, 1.165) is 21.0 Å². The smallest absolute Gasteiger partial charge is 0.254 e. The molecule has 5 rings (SSSR count). The van der Waals surface area contributed by atoms with Gasteiger partial charge in [0, 0.05) is 42.3 Å². The van der Waals surface area contributed by atoms with Gasteiger partial charge >= 0.3 is 0 Å². The summed E-state index contributed by atoms with van der Waals surface area (Å²) in [6, 6.07) is 11.8. The van der Waals surface area contributed by atoms with Crippen LogP contribution in [0.15, 0.2) is 42.5 Å². The van der Waals surface area contributed by atoms with Crippen LogP contribution in [0.4, 0.5) is 9.52 Å². The minimum atomic E-state index is -0.372. The van der Waals surface area contributed by atoms with Gasteiger partial charge in [-0.1, -0.05) is 22.9 Å². The zero-order valence-corrected chi connectivity index (χ0v) is 17.8. The lowest BCUT2D eigenvalue weighted by molar-refractivity contribution is 0.0748. The first-order chi connectivity index (χ1) is 14.5. The minimum absolute atomic E-state index is 0.0909. The van der Waals surface area contributed by atoms with E-state index < -0.39 is 0 Å². The van der Waals surface area contributed by atoms with Gasteiger partial charge in [0.15, 0.2) is 5.13 Å². The molecule has 3 heterocycles. The Kier molecular flexibility index (Phi) is 4.79. The zero-order chi connectivity index (χ0) is 20.8. The van der Waals surface area contributed by atoms with E-state index in [4.69, 9.17) is 16.6 Å². The Balaban J connectivity index is 1.37. The first-order valence-corrected chi connectivity index (χ1v) is 10.8. The van der Waals surface area contributed by atoms with E-state index in [1.54, 1.807) is 23.5 Å². The highest BCUT2D eigenvalue weighted by atomic mass is 35.5. The first-order valence-electron chi connectivity index (χ1n) is 9.65. The number of hydrogen-bond acceptors (Lipinski definition) is 5. The molecular weight excluding hydrogens is 423 g/mol. The SMILES string of the molecule is Cc1cc(C(=O)N2CCN(c3nc4ccc(Cl)cc4s3)CC2)c2cc(F)ccc2n1. The van der Waals surface area contributed by atoms with Gasteiger partial charge in [0.05, 0.1) is 21.3 Å². The normalized spacial score (nSPS) is 14.6. The van der Waals surface area contributed by atoms with Gasteiger partial charge < -0.3 is 9.80 Å². The number of benzene rings is 2. The second-order valence-electron chi connectivity index (χ2n) is 7.36. The molecule has 0 bridgehead atoms. The number of aromatic nitrogens is 2. The molecule has 30 heavy (non-hydrogen) atoms. The van der Waals surface area contributed by atoms with Crippen molar-refractivity contribution in [1.82, 2.24) is 14.9 Å². The van der Waals surface area contributed by atoms with Crippen LogP contribution in [0.1, 0.15) is 16.1 Å². The van der Waals surface area contributed by atoms with Crippen LogP contribution in [0.5, 0.6) is 0 Å². The average Bonchev–Trinajstić information content (AvgIpc) is 3.16. The third-order valence-electron chi connectivity index (χ3n) is 5.31. The fraction of sp³-hybridized carbons (Fsp3) is 0.227. The van der Waals surface area contributed by atoms with Crippen LogP contribution in [-0.4, -0.2) is 47.0 Å². The maximum atomic E-state index is 13.8. The molecule has 0 radical (unpaired) electrons. The van der Waals surface area contributed by atoms with Crippen LogP contribution >= 0.6 is 22.9 Å². The topological polar surface area (TPSA) is 49.3 Å². The number of thiazole rings is 1. The van der Waals surface area contributed by atoms with Crippen LogP contribution in [0.25, 0.3) is 21.1 Å². The molecule has 4 aromatic rings. The zero-order valence-electron chi connectivity index (χ0n) is 16.2. The number of hydrogen-bond donors (Lipinski definition) is 0. The number of rotatable bonds is 2. The number of carbonyl (C=O) groups is 1. The highest BCUT2D eigenvalue weighted by Crippen LogP contribution is 2.31. The summed E-state index contributed by atoms with van der Waals surface area (Å²) in [5, 5.41) is 2.19. The molecule has 0 aliphatic carbocycles. The maximum absolute atomic E-state index is 13.8. The van der Waals surface area contributed by atoms with Gasteiger partial charge in [-0.2, -0.15) is 0 Å².